The second-order valence-corrected chi connectivity index (χ2v) is 6.73. The lowest BCUT2D eigenvalue weighted by Gasteiger charge is -2.14. The summed E-state index contributed by atoms with van der Waals surface area (Å²) in [5.41, 5.74) is 1.87. The molecule has 0 unspecified atom stereocenters. The zero-order valence-electron chi connectivity index (χ0n) is 12.0. The highest BCUT2D eigenvalue weighted by molar-refractivity contribution is 7.92. The lowest BCUT2D eigenvalue weighted by Crippen LogP contribution is -2.15. The van der Waals surface area contributed by atoms with E-state index >= 15 is 0 Å². The van der Waals surface area contributed by atoms with Crippen molar-refractivity contribution in [2.24, 2.45) is 0 Å². The Hall–Kier alpha value is -1.72. The van der Waals surface area contributed by atoms with Gasteiger partial charge in [0.25, 0.3) is 10.0 Å². The summed E-state index contributed by atoms with van der Waals surface area (Å²) in [5, 5.41) is 0.345. The minimum atomic E-state index is -3.73. The Bertz CT molecular complexity index is 772. The van der Waals surface area contributed by atoms with Gasteiger partial charge >= 0.3 is 0 Å². The summed E-state index contributed by atoms with van der Waals surface area (Å²) in [4.78, 5) is 0.171. The molecule has 0 atom stereocenters. The maximum Gasteiger partial charge on any atom is 0.262 e. The topological polar surface area (TPSA) is 55.4 Å². The van der Waals surface area contributed by atoms with E-state index in [0.717, 1.165) is 5.56 Å². The molecule has 4 nitrogen and oxygen atoms in total. The van der Waals surface area contributed by atoms with E-state index in [4.69, 9.17) is 16.3 Å². The van der Waals surface area contributed by atoms with Crippen molar-refractivity contribution in [1.82, 2.24) is 0 Å². The van der Waals surface area contributed by atoms with Gasteiger partial charge in [-0.25, -0.2) is 8.42 Å². The molecule has 21 heavy (non-hydrogen) atoms. The Balaban J connectivity index is 2.47. The molecule has 0 bridgehead atoms. The van der Waals surface area contributed by atoms with Crippen LogP contribution in [-0.4, -0.2) is 15.5 Å². The third kappa shape index (κ3) is 3.31. The first kappa shape index (κ1) is 15.7. The molecule has 2 aromatic carbocycles. The molecular weight excluding hydrogens is 310 g/mol. The standard InChI is InChI=1S/C15H16ClNO3S/c1-10-8-11(2)15(9-14(10)20-3)21(18,19)17-13-7-5-4-6-12(13)16/h4-9,17H,1-3H3. The molecule has 0 aliphatic carbocycles. The Labute approximate surface area is 129 Å². The number of hydrogen-bond donors (Lipinski definition) is 1. The van der Waals surface area contributed by atoms with E-state index in [2.05, 4.69) is 4.72 Å². The van der Waals surface area contributed by atoms with Gasteiger partial charge in [-0.1, -0.05) is 29.8 Å². The molecule has 1 N–H and O–H groups in total. The van der Waals surface area contributed by atoms with E-state index in [-0.39, 0.29) is 4.90 Å². The fourth-order valence-corrected chi connectivity index (χ4v) is 3.63. The number of anilines is 1. The minimum absolute atomic E-state index is 0.171. The van der Waals surface area contributed by atoms with Crippen LogP contribution in [0.1, 0.15) is 11.1 Å². The van der Waals surface area contributed by atoms with Crippen LogP contribution in [0.2, 0.25) is 5.02 Å². The number of aryl methyl sites for hydroxylation is 2. The number of rotatable bonds is 4. The molecule has 0 heterocycles. The average Bonchev–Trinajstić information content (AvgIpc) is 2.41. The summed E-state index contributed by atoms with van der Waals surface area (Å²) in [6, 6.07) is 9.99. The van der Waals surface area contributed by atoms with Gasteiger partial charge in [0.05, 0.1) is 22.7 Å². The van der Waals surface area contributed by atoms with E-state index < -0.39 is 10.0 Å². The third-order valence-electron chi connectivity index (χ3n) is 3.10. The van der Waals surface area contributed by atoms with Gasteiger partial charge in [-0.2, -0.15) is 0 Å². The van der Waals surface area contributed by atoms with Crippen LogP contribution in [0, 0.1) is 13.8 Å². The third-order valence-corrected chi connectivity index (χ3v) is 4.94. The second-order valence-electron chi connectivity index (χ2n) is 4.67. The summed E-state index contributed by atoms with van der Waals surface area (Å²) in [5.74, 6) is 0.528. The van der Waals surface area contributed by atoms with Gasteiger partial charge in [-0.3, -0.25) is 4.72 Å². The SMILES string of the molecule is COc1cc(S(=O)(=O)Nc2ccccc2Cl)c(C)cc1C. The Morgan fingerprint density at radius 2 is 1.76 bits per heavy atom. The minimum Gasteiger partial charge on any atom is -0.496 e. The first-order valence-electron chi connectivity index (χ1n) is 6.27. The van der Waals surface area contributed by atoms with Gasteiger partial charge in [-0.05, 0) is 37.1 Å². The quantitative estimate of drug-likeness (QED) is 0.931. The van der Waals surface area contributed by atoms with Crippen LogP contribution in [-0.2, 0) is 10.0 Å². The van der Waals surface area contributed by atoms with Gasteiger partial charge in [0.15, 0.2) is 0 Å². The predicted molar refractivity (Wildman–Crippen MR) is 84.7 cm³/mol. The second kappa shape index (κ2) is 5.95. The van der Waals surface area contributed by atoms with Crippen molar-refractivity contribution in [3.05, 3.63) is 52.5 Å². The number of benzene rings is 2. The number of nitrogens with one attached hydrogen (secondary N) is 1. The maximum absolute atomic E-state index is 12.5. The van der Waals surface area contributed by atoms with Crippen molar-refractivity contribution in [2.75, 3.05) is 11.8 Å². The molecule has 0 aliphatic rings. The van der Waals surface area contributed by atoms with Gasteiger partial charge in [0, 0.05) is 6.07 Å². The van der Waals surface area contributed by atoms with E-state index in [9.17, 15) is 8.42 Å². The summed E-state index contributed by atoms with van der Waals surface area (Å²) in [6.07, 6.45) is 0. The lowest BCUT2D eigenvalue weighted by molar-refractivity contribution is 0.410. The van der Waals surface area contributed by atoms with E-state index in [0.29, 0.717) is 22.0 Å². The van der Waals surface area contributed by atoms with Crippen molar-refractivity contribution in [2.45, 2.75) is 18.7 Å². The highest BCUT2D eigenvalue weighted by Crippen LogP contribution is 2.29. The molecule has 0 aliphatic heterocycles. The molecule has 0 radical (unpaired) electrons. The van der Waals surface area contributed by atoms with Gasteiger partial charge in [0.1, 0.15) is 5.75 Å². The van der Waals surface area contributed by atoms with Crippen molar-refractivity contribution < 1.29 is 13.2 Å². The highest BCUT2D eigenvalue weighted by atomic mass is 35.5. The monoisotopic (exact) mass is 325 g/mol. The molecule has 2 rings (SSSR count). The van der Waals surface area contributed by atoms with Crippen LogP contribution >= 0.6 is 11.6 Å². The normalized spacial score (nSPS) is 11.2. The van der Waals surface area contributed by atoms with Crippen molar-refractivity contribution in [1.29, 1.82) is 0 Å². The number of halogens is 1. The van der Waals surface area contributed by atoms with Crippen LogP contribution in [0.4, 0.5) is 5.69 Å². The Morgan fingerprint density at radius 1 is 1.10 bits per heavy atom. The van der Waals surface area contributed by atoms with Gasteiger partial charge < -0.3 is 4.74 Å². The zero-order valence-corrected chi connectivity index (χ0v) is 13.5. The number of methoxy groups -OCH3 is 1. The van der Waals surface area contributed by atoms with Crippen LogP contribution < -0.4 is 9.46 Å². The predicted octanol–water partition coefficient (Wildman–Crippen LogP) is 3.77. The van der Waals surface area contributed by atoms with E-state index in [1.807, 2.05) is 6.92 Å². The fourth-order valence-electron chi connectivity index (χ4n) is 2.07. The summed E-state index contributed by atoms with van der Waals surface area (Å²) in [7, 11) is -2.22. The van der Waals surface area contributed by atoms with Gasteiger partial charge in [-0.15, -0.1) is 0 Å². The maximum atomic E-state index is 12.5. The number of ether oxygens (including phenoxy) is 1. The average molecular weight is 326 g/mol. The molecule has 112 valence electrons. The van der Waals surface area contributed by atoms with Crippen molar-refractivity contribution >= 4 is 27.3 Å². The van der Waals surface area contributed by atoms with Crippen molar-refractivity contribution in [3.63, 3.8) is 0 Å². The van der Waals surface area contributed by atoms with E-state index in [1.165, 1.54) is 13.2 Å². The van der Waals surface area contributed by atoms with Crippen molar-refractivity contribution in [3.8, 4) is 5.75 Å². The molecule has 0 amide bonds. The molecule has 0 aromatic heterocycles. The van der Waals surface area contributed by atoms with Crippen LogP contribution in [0.15, 0.2) is 41.3 Å². The Kier molecular flexibility index (Phi) is 4.44. The zero-order chi connectivity index (χ0) is 15.6. The number of para-hydroxylation sites is 1. The van der Waals surface area contributed by atoms with Crippen LogP contribution in [0.5, 0.6) is 5.75 Å². The largest absolute Gasteiger partial charge is 0.496 e. The summed E-state index contributed by atoms with van der Waals surface area (Å²) < 4.78 is 32.7. The summed E-state index contributed by atoms with van der Waals surface area (Å²) in [6.45, 7) is 3.61. The smallest absolute Gasteiger partial charge is 0.262 e. The van der Waals surface area contributed by atoms with Gasteiger partial charge in [0.2, 0.25) is 0 Å². The van der Waals surface area contributed by atoms with Crippen LogP contribution in [0.25, 0.3) is 0 Å². The molecule has 6 heteroatoms. The molecule has 0 fully saturated rings. The molecule has 0 saturated carbocycles. The molecule has 0 saturated heterocycles. The molecule has 2 aromatic rings. The summed E-state index contributed by atoms with van der Waals surface area (Å²) >= 11 is 5.99. The Morgan fingerprint density at radius 3 is 2.38 bits per heavy atom. The number of sulfonamides is 1. The molecule has 0 spiro atoms. The van der Waals surface area contributed by atoms with E-state index in [1.54, 1.807) is 37.3 Å². The first-order chi connectivity index (χ1) is 9.85. The number of hydrogen-bond acceptors (Lipinski definition) is 3. The lowest BCUT2D eigenvalue weighted by atomic mass is 10.1. The highest BCUT2D eigenvalue weighted by Gasteiger charge is 2.20. The molecular formula is C15H16ClNO3S. The van der Waals surface area contributed by atoms with Crippen LogP contribution in [0.3, 0.4) is 0 Å². The fraction of sp³-hybridized carbons (Fsp3) is 0.200. The first-order valence-corrected chi connectivity index (χ1v) is 8.14.